The molecule has 0 spiro atoms. The van der Waals surface area contributed by atoms with E-state index in [1.807, 2.05) is 60.0 Å². The molecule has 1 atom stereocenters. The van der Waals surface area contributed by atoms with Crippen LogP contribution < -0.4 is 15.0 Å². The van der Waals surface area contributed by atoms with E-state index in [-0.39, 0.29) is 28.7 Å². The number of methoxy groups -OCH3 is 1. The van der Waals surface area contributed by atoms with E-state index in [1.54, 1.807) is 28.8 Å². The van der Waals surface area contributed by atoms with Crippen LogP contribution in [0.4, 0.5) is 8.78 Å². The number of thioether (sulfide) groups is 1. The first-order valence-electron chi connectivity index (χ1n) is 16.6. The highest BCUT2D eigenvalue weighted by Crippen LogP contribution is 2.39. The van der Waals surface area contributed by atoms with Gasteiger partial charge in [-0.15, -0.1) is 11.3 Å². The van der Waals surface area contributed by atoms with Crippen LogP contribution in [0.2, 0.25) is 0 Å². The fraction of sp³-hybridized carbons (Fsp3) is 0.179. The molecular formula is C39H31F2N5O4S2. The number of fused-ring (bicyclic) bond motifs is 4. The summed E-state index contributed by atoms with van der Waals surface area (Å²) in [5.41, 5.74) is 4.46. The zero-order valence-corrected chi connectivity index (χ0v) is 29.7. The Morgan fingerprint density at radius 3 is 2.50 bits per heavy atom. The number of hydrazone groups is 1. The van der Waals surface area contributed by atoms with Gasteiger partial charge in [-0.2, -0.15) is 13.9 Å². The van der Waals surface area contributed by atoms with Gasteiger partial charge in [0.15, 0.2) is 16.7 Å². The summed E-state index contributed by atoms with van der Waals surface area (Å²) in [6.07, 6.45) is 0.402. The monoisotopic (exact) mass is 735 g/mol. The fourth-order valence-electron chi connectivity index (χ4n) is 6.83. The molecule has 1 amide bonds. The number of thiophene rings is 1. The van der Waals surface area contributed by atoms with Crippen LogP contribution in [0.15, 0.2) is 117 Å². The Kier molecular flexibility index (Phi) is 8.97. The lowest BCUT2D eigenvalue weighted by Gasteiger charge is -2.23. The number of nitrogens with zero attached hydrogens (tertiary/aromatic N) is 5. The van der Waals surface area contributed by atoms with Gasteiger partial charge >= 0.3 is 6.61 Å². The highest BCUT2D eigenvalue weighted by Gasteiger charge is 2.34. The third-order valence-electron chi connectivity index (χ3n) is 9.16. The molecule has 0 bridgehead atoms. The highest BCUT2D eigenvalue weighted by molar-refractivity contribution is 7.99. The third-order valence-corrected chi connectivity index (χ3v) is 11.0. The molecule has 1 aliphatic rings. The number of carbonyl (C=O) groups excluding carboxylic acids is 1. The van der Waals surface area contributed by atoms with Crippen LogP contribution >= 0.6 is 23.1 Å². The van der Waals surface area contributed by atoms with E-state index in [0.29, 0.717) is 33.7 Å². The zero-order chi connectivity index (χ0) is 35.9. The molecule has 7 aromatic rings. The number of amides is 1. The van der Waals surface area contributed by atoms with Crippen molar-refractivity contribution < 1.29 is 23.0 Å². The van der Waals surface area contributed by atoms with Gasteiger partial charge in [0.25, 0.3) is 11.5 Å². The molecule has 1 aliphatic heterocycles. The normalized spacial score (nSPS) is 14.5. The zero-order valence-electron chi connectivity index (χ0n) is 28.0. The molecule has 0 N–H and O–H groups in total. The Morgan fingerprint density at radius 1 is 0.942 bits per heavy atom. The first-order chi connectivity index (χ1) is 25.3. The van der Waals surface area contributed by atoms with Crippen molar-refractivity contribution in [2.24, 2.45) is 5.10 Å². The van der Waals surface area contributed by atoms with Crippen molar-refractivity contribution in [1.82, 2.24) is 19.1 Å². The van der Waals surface area contributed by atoms with Crippen molar-refractivity contribution in [3.63, 3.8) is 0 Å². The lowest BCUT2D eigenvalue weighted by molar-refractivity contribution is -0.130. The maximum absolute atomic E-state index is 14.2. The smallest absolute Gasteiger partial charge is 0.387 e. The van der Waals surface area contributed by atoms with Crippen molar-refractivity contribution in [2.45, 2.75) is 37.7 Å². The van der Waals surface area contributed by atoms with Crippen molar-refractivity contribution in [3.8, 4) is 17.2 Å². The van der Waals surface area contributed by atoms with Crippen LogP contribution in [0, 0.1) is 0 Å². The molecule has 0 radical (unpaired) electrons. The molecule has 0 aliphatic carbocycles. The molecule has 4 heterocycles. The molecule has 0 saturated carbocycles. The van der Waals surface area contributed by atoms with E-state index in [9.17, 15) is 18.4 Å². The highest BCUT2D eigenvalue weighted by atomic mass is 32.2. The average molecular weight is 736 g/mol. The molecule has 1 unspecified atom stereocenters. The topological polar surface area (TPSA) is 91.0 Å². The summed E-state index contributed by atoms with van der Waals surface area (Å²) in [5, 5.41) is 11.1. The van der Waals surface area contributed by atoms with Crippen molar-refractivity contribution in [2.75, 3.05) is 12.9 Å². The number of halogens is 2. The molecule has 0 fully saturated rings. The molecule has 4 aromatic carbocycles. The number of hydrogen-bond acceptors (Lipinski definition) is 8. The molecule has 13 heteroatoms. The number of alkyl halides is 2. The largest absolute Gasteiger partial charge is 0.493 e. The second kappa shape index (κ2) is 13.9. The fourth-order valence-corrected chi connectivity index (χ4v) is 8.41. The standard InChI is InChI=1S/C39H31F2N5O4S2/c1-3-44-30-12-7-5-9-25(30)27-20-24(15-16-31(27)44)45-37(48)26-10-4-6-11-28(26)42-39(45)52-22-36(47)46-32(21-29(43-46)35-13-8-18-51-35)23-14-17-33(50-38(40)41)34(19-23)49-2/h4-20,32,38H,3,21-22H2,1-2H3. The van der Waals surface area contributed by atoms with Crippen molar-refractivity contribution >= 4 is 67.4 Å². The summed E-state index contributed by atoms with van der Waals surface area (Å²) in [6.45, 7) is -0.122. The van der Waals surface area contributed by atoms with Gasteiger partial charge in [-0.05, 0) is 72.5 Å². The molecule has 9 nitrogen and oxygen atoms in total. The van der Waals surface area contributed by atoms with E-state index in [0.717, 1.165) is 50.7 Å². The van der Waals surface area contributed by atoms with E-state index < -0.39 is 12.7 Å². The van der Waals surface area contributed by atoms with Gasteiger partial charge in [0, 0.05) is 34.8 Å². The Morgan fingerprint density at radius 2 is 1.73 bits per heavy atom. The summed E-state index contributed by atoms with van der Waals surface area (Å²) in [6, 6.07) is 29.3. The van der Waals surface area contributed by atoms with Gasteiger partial charge in [-0.25, -0.2) is 9.99 Å². The first-order valence-corrected chi connectivity index (χ1v) is 18.4. The lowest BCUT2D eigenvalue weighted by Crippen LogP contribution is -2.29. The lowest BCUT2D eigenvalue weighted by atomic mass is 10.0. The first kappa shape index (κ1) is 33.6. The van der Waals surface area contributed by atoms with Crippen LogP contribution in [0.25, 0.3) is 38.4 Å². The average Bonchev–Trinajstić information content (AvgIpc) is 3.92. The van der Waals surface area contributed by atoms with Crippen LogP contribution in [0.1, 0.15) is 29.8 Å². The minimum absolute atomic E-state index is 0.0798. The summed E-state index contributed by atoms with van der Waals surface area (Å²) < 4.78 is 39.9. The number of rotatable bonds is 10. The van der Waals surface area contributed by atoms with E-state index in [1.165, 1.54) is 29.5 Å². The van der Waals surface area contributed by atoms with Crippen LogP contribution in [0.5, 0.6) is 11.5 Å². The van der Waals surface area contributed by atoms with Gasteiger partial charge in [-0.3, -0.25) is 14.2 Å². The third kappa shape index (κ3) is 5.99. The number of ether oxygens (including phenoxy) is 2. The number of aromatic nitrogens is 3. The quantitative estimate of drug-likeness (QED) is 0.103. The number of carbonyl (C=O) groups is 1. The number of benzene rings is 4. The second-order valence-electron chi connectivity index (χ2n) is 12.1. The van der Waals surface area contributed by atoms with Crippen molar-refractivity contribution in [3.05, 3.63) is 123 Å². The van der Waals surface area contributed by atoms with E-state index >= 15 is 0 Å². The summed E-state index contributed by atoms with van der Waals surface area (Å²) in [5.74, 6) is -0.384. The molecule has 0 saturated heterocycles. The predicted octanol–water partition coefficient (Wildman–Crippen LogP) is 8.66. The summed E-state index contributed by atoms with van der Waals surface area (Å²) in [7, 11) is 1.37. The van der Waals surface area contributed by atoms with Crippen molar-refractivity contribution in [1.29, 1.82) is 0 Å². The SMILES string of the molecule is CCn1c2ccccc2c2cc(-n3c(SCC(=O)N4N=C(c5cccs5)CC4c4ccc(OC(F)F)c(OC)c4)nc4ccccc4c3=O)ccc21. The maximum Gasteiger partial charge on any atom is 0.387 e. The molecular weight excluding hydrogens is 705 g/mol. The number of para-hydroxylation sites is 2. The summed E-state index contributed by atoms with van der Waals surface area (Å²) >= 11 is 2.67. The van der Waals surface area contributed by atoms with Gasteiger partial charge in [0.2, 0.25) is 0 Å². The second-order valence-corrected chi connectivity index (χ2v) is 14.0. The van der Waals surface area contributed by atoms with Gasteiger partial charge in [0.05, 0.1) is 46.1 Å². The maximum atomic E-state index is 14.2. The predicted molar refractivity (Wildman–Crippen MR) is 201 cm³/mol. The van der Waals surface area contributed by atoms with E-state index in [2.05, 4.69) is 28.4 Å². The Hall–Kier alpha value is -5.53. The minimum atomic E-state index is -3.02. The van der Waals surface area contributed by atoms with Crippen LogP contribution in [0.3, 0.4) is 0 Å². The van der Waals surface area contributed by atoms with Gasteiger partial charge in [-0.1, -0.05) is 54.2 Å². The molecule has 262 valence electrons. The molecule has 52 heavy (non-hydrogen) atoms. The minimum Gasteiger partial charge on any atom is -0.493 e. The van der Waals surface area contributed by atoms with Crippen LogP contribution in [-0.2, 0) is 11.3 Å². The number of hydrogen-bond donors (Lipinski definition) is 0. The van der Waals surface area contributed by atoms with Crippen LogP contribution in [-0.4, -0.2) is 50.2 Å². The van der Waals surface area contributed by atoms with Gasteiger partial charge in [0.1, 0.15) is 0 Å². The summed E-state index contributed by atoms with van der Waals surface area (Å²) in [4.78, 5) is 34.2. The Balaban J connectivity index is 1.17. The Bertz CT molecular complexity index is 2570. The molecule has 8 rings (SSSR count). The number of aryl methyl sites for hydroxylation is 1. The Labute approximate surface area is 304 Å². The van der Waals surface area contributed by atoms with Gasteiger partial charge < -0.3 is 14.0 Å². The molecule has 3 aromatic heterocycles. The van der Waals surface area contributed by atoms with E-state index in [4.69, 9.17) is 14.8 Å².